The van der Waals surface area contributed by atoms with Crippen LogP contribution in [0.15, 0.2) is 34.7 Å². The Labute approximate surface area is 136 Å². The minimum absolute atomic E-state index is 0.242. The zero-order chi connectivity index (χ0) is 15.9. The molecule has 0 aliphatic heterocycles. The van der Waals surface area contributed by atoms with Crippen LogP contribution in [0.1, 0.15) is 18.2 Å². The molecule has 0 aliphatic carbocycles. The van der Waals surface area contributed by atoms with E-state index in [2.05, 4.69) is 10.6 Å². The Hall–Kier alpha value is -1.33. The van der Waals surface area contributed by atoms with Gasteiger partial charge in [-0.1, -0.05) is 23.7 Å². The third-order valence-corrected chi connectivity index (χ3v) is 4.03. The summed E-state index contributed by atoms with van der Waals surface area (Å²) in [5.74, 6) is 1.83. The van der Waals surface area contributed by atoms with Crippen molar-refractivity contribution in [3.05, 3.63) is 46.7 Å². The molecule has 0 saturated carbocycles. The average molecular weight is 325 g/mol. The number of quaternary nitrogens is 2. The summed E-state index contributed by atoms with van der Waals surface area (Å²) in [6, 6.07) is 9.88. The quantitative estimate of drug-likeness (QED) is 0.632. The molecule has 0 amide bonds. The standard InChI is InChI=1S/C17H23ClN2O2/c1-12(21)10-19-8-9-20-11-14-6-7-17(22-14)15-4-3-5-16(18)13(15)2/h3-7,12,19-21H,8-11H2,1-2H3/p+2/t12-/m0/s1. The third kappa shape index (κ3) is 4.85. The van der Waals surface area contributed by atoms with E-state index in [4.69, 9.17) is 16.0 Å². The van der Waals surface area contributed by atoms with E-state index in [0.717, 1.165) is 53.8 Å². The first-order valence-corrected chi connectivity index (χ1v) is 8.11. The van der Waals surface area contributed by atoms with Crippen LogP contribution in [-0.2, 0) is 6.54 Å². The molecular formula is C17H25ClN2O2+2. The lowest BCUT2D eigenvalue weighted by Gasteiger charge is -2.04. The number of benzene rings is 1. The van der Waals surface area contributed by atoms with Crippen molar-refractivity contribution < 1.29 is 20.2 Å². The monoisotopic (exact) mass is 324 g/mol. The maximum atomic E-state index is 9.17. The van der Waals surface area contributed by atoms with Crippen LogP contribution >= 0.6 is 11.6 Å². The Kier molecular flexibility index (Phi) is 6.46. The fraction of sp³-hybridized carbons (Fsp3) is 0.412. The van der Waals surface area contributed by atoms with E-state index in [1.54, 1.807) is 0 Å². The normalized spacial score (nSPS) is 12.5. The van der Waals surface area contributed by atoms with Crippen LogP contribution in [-0.4, -0.2) is 30.8 Å². The maximum absolute atomic E-state index is 9.17. The van der Waals surface area contributed by atoms with Crippen molar-refractivity contribution in [3.63, 3.8) is 0 Å². The van der Waals surface area contributed by atoms with Crippen LogP contribution in [0.2, 0.25) is 5.02 Å². The van der Waals surface area contributed by atoms with Gasteiger partial charge >= 0.3 is 0 Å². The minimum atomic E-state index is -0.242. The van der Waals surface area contributed by atoms with Crippen LogP contribution in [0.4, 0.5) is 0 Å². The van der Waals surface area contributed by atoms with E-state index in [0.29, 0.717) is 0 Å². The fourth-order valence-electron chi connectivity index (χ4n) is 2.35. The third-order valence-electron chi connectivity index (χ3n) is 3.62. The zero-order valence-electron chi connectivity index (χ0n) is 13.2. The van der Waals surface area contributed by atoms with Crippen molar-refractivity contribution in [2.75, 3.05) is 19.6 Å². The van der Waals surface area contributed by atoms with Crippen LogP contribution in [0.3, 0.4) is 0 Å². The number of hydrogen-bond acceptors (Lipinski definition) is 2. The lowest BCUT2D eigenvalue weighted by atomic mass is 10.1. The molecule has 120 valence electrons. The van der Waals surface area contributed by atoms with Crippen molar-refractivity contribution in [1.82, 2.24) is 0 Å². The van der Waals surface area contributed by atoms with Crippen molar-refractivity contribution in [3.8, 4) is 11.3 Å². The average Bonchev–Trinajstić information content (AvgIpc) is 2.94. The molecule has 2 aromatic rings. The van der Waals surface area contributed by atoms with E-state index >= 15 is 0 Å². The van der Waals surface area contributed by atoms with Crippen LogP contribution in [0, 0.1) is 6.92 Å². The van der Waals surface area contributed by atoms with E-state index in [1.165, 1.54) is 0 Å². The molecule has 1 atom stereocenters. The Bertz CT molecular complexity index is 596. The number of aliphatic hydroxyl groups is 1. The minimum Gasteiger partial charge on any atom is -0.455 e. The summed E-state index contributed by atoms with van der Waals surface area (Å²) in [6.45, 7) is 7.38. The zero-order valence-corrected chi connectivity index (χ0v) is 13.9. The van der Waals surface area contributed by atoms with Gasteiger partial charge < -0.3 is 20.2 Å². The molecule has 0 bridgehead atoms. The summed E-state index contributed by atoms with van der Waals surface area (Å²) in [5, 5.41) is 14.3. The number of rotatable bonds is 8. The molecule has 0 radical (unpaired) electrons. The highest BCUT2D eigenvalue weighted by molar-refractivity contribution is 6.31. The highest BCUT2D eigenvalue weighted by atomic mass is 35.5. The summed E-state index contributed by atoms with van der Waals surface area (Å²) >= 11 is 6.16. The molecule has 0 aliphatic rings. The predicted octanol–water partition coefficient (Wildman–Crippen LogP) is 0.916. The molecule has 0 unspecified atom stereocenters. The van der Waals surface area contributed by atoms with Gasteiger partial charge in [0, 0.05) is 10.6 Å². The SMILES string of the molecule is Cc1c(Cl)cccc1-c1ccc(C[NH2+]CC[NH2+]C[C@H](C)O)o1. The number of nitrogens with two attached hydrogens (primary N) is 2. The van der Waals surface area contributed by atoms with E-state index in [-0.39, 0.29) is 6.10 Å². The smallest absolute Gasteiger partial charge is 0.158 e. The molecule has 22 heavy (non-hydrogen) atoms. The van der Waals surface area contributed by atoms with Crippen molar-refractivity contribution in [2.24, 2.45) is 0 Å². The highest BCUT2D eigenvalue weighted by Crippen LogP contribution is 2.29. The highest BCUT2D eigenvalue weighted by Gasteiger charge is 2.10. The van der Waals surface area contributed by atoms with Gasteiger partial charge in [0.05, 0.1) is 6.10 Å². The number of hydrogen-bond donors (Lipinski definition) is 3. The molecule has 0 fully saturated rings. The summed E-state index contributed by atoms with van der Waals surface area (Å²) in [4.78, 5) is 0. The van der Waals surface area contributed by atoms with Crippen LogP contribution < -0.4 is 10.6 Å². The number of furan rings is 1. The first-order chi connectivity index (χ1) is 10.6. The van der Waals surface area contributed by atoms with Gasteiger partial charge in [0.1, 0.15) is 31.9 Å². The number of halogens is 1. The summed E-state index contributed by atoms with van der Waals surface area (Å²) in [5.41, 5.74) is 2.09. The lowest BCUT2D eigenvalue weighted by molar-refractivity contribution is -0.733. The predicted molar refractivity (Wildman–Crippen MR) is 87.7 cm³/mol. The maximum Gasteiger partial charge on any atom is 0.158 e. The first-order valence-electron chi connectivity index (χ1n) is 7.73. The second-order valence-electron chi connectivity index (χ2n) is 5.62. The van der Waals surface area contributed by atoms with E-state index < -0.39 is 0 Å². The molecule has 4 nitrogen and oxygen atoms in total. The Morgan fingerprint density at radius 3 is 2.73 bits per heavy atom. The Morgan fingerprint density at radius 1 is 1.18 bits per heavy atom. The largest absolute Gasteiger partial charge is 0.455 e. The molecule has 1 heterocycles. The summed E-state index contributed by atoms with van der Waals surface area (Å²) < 4.78 is 5.91. The fourth-order valence-corrected chi connectivity index (χ4v) is 2.52. The molecule has 5 heteroatoms. The molecule has 0 saturated heterocycles. The van der Waals surface area contributed by atoms with Crippen molar-refractivity contribution in [1.29, 1.82) is 0 Å². The van der Waals surface area contributed by atoms with Gasteiger partial charge in [-0.25, -0.2) is 0 Å². The molecule has 5 N–H and O–H groups in total. The van der Waals surface area contributed by atoms with Crippen LogP contribution in [0.25, 0.3) is 11.3 Å². The summed E-state index contributed by atoms with van der Waals surface area (Å²) in [6.07, 6.45) is -0.242. The van der Waals surface area contributed by atoms with Gasteiger partial charge in [-0.2, -0.15) is 0 Å². The molecule has 0 spiro atoms. The van der Waals surface area contributed by atoms with Gasteiger partial charge in [-0.05, 0) is 37.6 Å². The summed E-state index contributed by atoms with van der Waals surface area (Å²) in [7, 11) is 0. The topological polar surface area (TPSA) is 66.6 Å². The van der Waals surface area contributed by atoms with Crippen LogP contribution in [0.5, 0.6) is 0 Å². The van der Waals surface area contributed by atoms with Gasteiger partial charge in [-0.15, -0.1) is 0 Å². The second-order valence-corrected chi connectivity index (χ2v) is 6.03. The lowest BCUT2D eigenvalue weighted by Crippen LogP contribution is -2.95. The molecule has 1 aromatic carbocycles. The Balaban J connectivity index is 1.83. The number of aliphatic hydroxyl groups excluding tert-OH is 1. The first kappa shape index (κ1) is 17.0. The second kappa shape index (κ2) is 8.34. The molecular weight excluding hydrogens is 300 g/mol. The van der Waals surface area contributed by atoms with E-state index in [9.17, 15) is 5.11 Å². The van der Waals surface area contributed by atoms with Crippen molar-refractivity contribution in [2.45, 2.75) is 26.5 Å². The van der Waals surface area contributed by atoms with Gasteiger partial charge in [-0.3, -0.25) is 0 Å². The molecule has 2 rings (SSSR count). The van der Waals surface area contributed by atoms with Gasteiger partial charge in [0.2, 0.25) is 0 Å². The Morgan fingerprint density at radius 2 is 1.95 bits per heavy atom. The van der Waals surface area contributed by atoms with Gasteiger partial charge in [0.25, 0.3) is 0 Å². The van der Waals surface area contributed by atoms with E-state index in [1.807, 2.05) is 44.2 Å². The molecule has 1 aromatic heterocycles. The van der Waals surface area contributed by atoms with Crippen molar-refractivity contribution >= 4 is 11.6 Å². The van der Waals surface area contributed by atoms with Gasteiger partial charge in [0.15, 0.2) is 5.76 Å².